The van der Waals surface area contributed by atoms with E-state index in [9.17, 15) is 16.8 Å². The molecule has 3 rings (SSSR count). The molecule has 1 N–H and O–H groups in total. The van der Waals surface area contributed by atoms with Crippen LogP contribution in [0.25, 0.3) is 0 Å². The Bertz CT molecular complexity index is 904. The fourth-order valence-electron chi connectivity index (χ4n) is 3.85. The van der Waals surface area contributed by atoms with Gasteiger partial charge in [0.2, 0.25) is 0 Å². The van der Waals surface area contributed by atoms with Crippen molar-refractivity contribution in [2.45, 2.75) is 49.0 Å². The second-order valence-corrected chi connectivity index (χ2v) is 11.7. The Morgan fingerprint density at radius 2 is 1.96 bits per heavy atom. The van der Waals surface area contributed by atoms with Crippen LogP contribution in [-0.4, -0.2) is 66.0 Å². The Labute approximate surface area is 161 Å². The molecule has 9 heteroatoms. The van der Waals surface area contributed by atoms with Crippen LogP contribution >= 0.6 is 0 Å². The van der Waals surface area contributed by atoms with Gasteiger partial charge in [0.05, 0.1) is 34.9 Å². The Morgan fingerprint density at radius 1 is 1.22 bits per heavy atom. The first-order chi connectivity index (χ1) is 12.6. The Morgan fingerprint density at radius 3 is 2.59 bits per heavy atom. The van der Waals surface area contributed by atoms with Crippen molar-refractivity contribution in [1.29, 1.82) is 0 Å². The van der Waals surface area contributed by atoms with Gasteiger partial charge in [-0.05, 0) is 49.9 Å². The third-order valence-electron chi connectivity index (χ3n) is 5.33. The molecule has 1 aromatic carbocycles. The summed E-state index contributed by atoms with van der Waals surface area (Å²) in [5, 5.41) is 2.15. The molecule has 0 amide bonds. The highest BCUT2D eigenvalue weighted by atomic mass is 32.2. The number of nitrogens with one attached hydrogen (secondary N) is 1. The molecular weight excluding hydrogens is 390 g/mol. The number of hydrogen-bond acceptors (Lipinski definition) is 7. The van der Waals surface area contributed by atoms with Gasteiger partial charge in [0, 0.05) is 19.2 Å². The van der Waals surface area contributed by atoms with Crippen LogP contribution in [0.4, 0.5) is 0 Å². The summed E-state index contributed by atoms with van der Waals surface area (Å²) in [4.78, 5) is 0.173. The predicted octanol–water partition coefficient (Wildman–Crippen LogP) is 1.02. The maximum Gasteiger partial charge on any atom is 0.184 e. The predicted molar refractivity (Wildman–Crippen MR) is 103 cm³/mol. The maximum absolute atomic E-state index is 13.3. The Kier molecular flexibility index (Phi) is 5.86. The van der Waals surface area contributed by atoms with Crippen molar-refractivity contribution >= 4 is 19.7 Å². The van der Waals surface area contributed by atoms with Crippen LogP contribution in [0, 0.1) is 13.8 Å². The van der Waals surface area contributed by atoms with Gasteiger partial charge in [-0.25, -0.2) is 16.8 Å². The van der Waals surface area contributed by atoms with Crippen LogP contribution in [0.1, 0.15) is 24.0 Å². The van der Waals surface area contributed by atoms with E-state index in [-0.39, 0.29) is 22.5 Å². The average molecular weight is 418 g/mol. The molecule has 7 nitrogen and oxygen atoms in total. The van der Waals surface area contributed by atoms with Crippen LogP contribution in [0.5, 0.6) is 5.75 Å². The number of methoxy groups -OCH3 is 1. The molecule has 0 aliphatic carbocycles. The Hall–Kier alpha value is -1.16. The summed E-state index contributed by atoms with van der Waals surface area (Å²) in [7, 11) is -5.71. The van der Waals surface area contributed by atoms with E-state index in [1.165, 1.54) is 7.11 Å². The van der Waals surface area contributed by atoms with Gasteiger partial charge in [-0.15, -0.1) is 0 Å². The highest BCUT2D eigenvalue weighted by Crippen LogP contribution is 2.31. The first-order valence-electron chi connectivity index (χ1n) is 9.08. The standard InChI is InChI=1S/C18H27NO6S2/c1-12-8-17(13(2)7-16(12)24-3)27(22,23)18-11-26(20,21)10-15(18)19-9-14-5-4-6-25-14/h7-8,14-15,18-19H,4-6,9-11H2,1-3H3/t14?,15-,18-/m0/s1. The minimum atomic E-state index is -3.82. The fourth-order valence-corrected chi connectivity index (χ4v) is 8.88. The van der Waals surface area contributed by atoms with Crippen LogP contribution in [-0.2, 0) is 24.4 Å². The number of sulfone groups is 2. The highest BCUT2D eigenvalue weighted by Gasteiger charge is 2.46. The van der Waals surface area contributed by atoms with E-state index >= 15 is 0 Å². The second-order valence-electron chi connectivity index (χ2n) is 7.40. The van der Waals surface area contributed by atoms with Gasteiger partial charge in [-0.1, -0.05) is 0 Å². The zero-order valence-electron chi connectivity index (χ0n) is 15.9. The number of ether oxygens (including phenoxy) is 2. The molecule has 2 saturated heterocycles. The van der Waals surface area contributed by atoms with E-state index in [4.69, 9.17) is 9.47 Å². The molecule has 0 saturated carbocycles. The number of rotatable bonds is 6. The molecule has 27 heavy (non-hydrogen) atoms. The third kappa shape index (κ3) is 4.31. The average Bonchev–Trinajstić information content (AvgIpc) is 3.21. The van der Waals surface area contributed by atoms with Gasteiger partial charge in [-0.3, -0.25) is 0 Å². The largest absolute Gasteiger partial charge is 0.496 e. The van der Waals surface area contributed by atoms with Crippen molar-refractivity contribution in [3.05, 3.63) is 23.3 Å². The summed E-state index contributed by atoms with van der Waals surface area (Å²) in [5.41, 5.74) is 1.26. The zero-order valence-corrected chi connectivity index (χ0v) is 17.5. The molecule has 2 fully saturated rings. The first-order valence-corrected chi connectivity index (χ1v) is 12.5. The molecule has 2 aliphatic heterocycles. The van der Waals surface area contributed by atoms with Gasteiger partial charge in [0.25, 0.3) is 0 Å². The molecule has 0 spiro atoms. The molecule has 3 atom stereocenters. The van der Waals surface area contributed by atoms with Crippen LogP contribution in [0.15, 0.2) is 17.0 Å². The molecule has 0 radical (unpaired) electrons. The van der Waals surface area contributed by atoms with Crippen LogP contribution < -0.4 is 10.1 Å². The van der Waals surface area contributed by atoms with E-state index in [1.54, 1.807) is 26.0 Å². The molecular formula is C18H27NO6S2. The van der Waals surface area contributed by atoms with Gasteiger partial charge >= 0.3 is 0 Å². The molecule has 2 aliphatic rings. The van der Waals surface area contributed by atoms with Crippen LogP contribution in [0.3, 0.4) is 0 Å². The molecule has 1 unspecified atom stereocenters. The van der Waals surface area contributed by atoms with E-state index in [0.717, 1.165) is 12.8 Å². The van der Waals surface area contributed by atoms with Crippen molar-refractivity contribution in [2.24, 2.45) is 0 Å². The van der Waals surface area contributed by atoms with Crippen molar-refractivity contribution in [3.8, 4) is 5.75 Å². The van der Waals surface area contributed by atoms with Crippen molar-refractivity contribution in [2.75, 3.05) is 31.8 Å². The highest BCUT2D eigenvalue weighted by molar-refractivity contribution is 7.96. The molecule has 1 aromatic rings. The SMILES string of the molecule is COc1cc(C)c(S(=O)(=O)[C@H]2CS(=O)(=O)C[C@@H]2NCC2CCCO2)cc1C. The van der Waals surface area contributed by atoms with Crippen molar-refractivity contribution in [1.82, 2.24) is 5.32 Å². The summed E-state index contributed by atoms with van der Waals surface area (Å²) < 4.78 is 61.9. The minimum Gasteiger partial charge on any atom is -0.496 e. The van der Waals surface area contributed by atoms with E-state index < -0.39 is 31.0 Å². The molecule has 152 valence electrons. The maximum atomic E-state index is 13.3. The normalized spacial score (nSPS) is 27.7. The second kappa shape index (κ2) is 7.69. The summed E-state index contributed by atoms with van der Waals surface area (Å²) in [6, 6.07) is 2.62. The summed E-state index contributed by atoms with van der Waals surface area (Å²) in [6.45, 7) is 4.64. The minimum absolute atomic E-state index is 0.0154. The number of hydrogen-bond donors (Lipinski definition) is 1. The topological polar surface area (TPSA) is 98.8 Å². The summed E-state index contributed by atoms with van der Waals surface area (Å²) in [6.07, 6.45) is 1.89. The molecule has 0 bridgehead atoms. The number of aryl methyl sites for hydroxylation is 2. The van der Waals surface area contributed by atoms with Crippen molar-refractivity contribution < 1.29 is 26.3 Å². The summed E-state index contributed by atoms with van der Waals surface area (Å²) >= 11 is 0. The first kappa shape index (κ1) is 20.6. The van der Waals surface area contributed by atoms with Crippen LogP contribution in [0.2, 0.25) is 0 Å². The van der Waals surface area contributed by atoms with Gasteiger partial charge < -0.3 is 14.8 Å². The lowest BCUT2D eigenvalue weighted by Gasteiger charge is -2.23. The number of benzene rings is 1. The smallest absolute Gasteiger partial charge is 0.184 e. The fraction of sp³-hybridized carbons (Fsp3) is 0.667. The molecule has 0 aromatic heterocycles. The van der Waals surface area contributed by atoms with E-state index in [0.29, 0.717) is 30.0 Å². The van der Waals surface area contributed by atoms with Crippen molar-refractivity contribution in [3.63, 3.8) is 0 Å². The Balaban J connectivity index is 1.89. The van der Waals surface area contributed by atoms with Gasteiger partial charge in [0.1, 0.15) is 5.75 Å². The monoisotopic (exact) mass is 417 g/mol. The lowest BCUT2D eigenvalue weighted by Crippen LogP contribution is -2.46. The zero-order chi connectivity index (χ0) is 19.8. The van der Waals surface area contributed by atoms with Gasteiger partial charge in [-0.2, -0.15) is 0 Å². The van der Waals surface area contributed by atoms with Gasteiger partial charge in [0.15, 0.2) is 19.7 Å². The third-order valence-corrected chi connectivity index (χ3v) is 9.62. The van der Waals surface area contributed by atoms with E-state index in [1.807, 2.05) is 0 Å². The molecule has 2 heterocycles. The summed E-state index contributed by atoms with van der Waals surface area (Å²) in [5.74, 6) is 0.0828. The van der Waals surface area contributed by atoms with E-state index in [2.05, 4.69) is 5.32 Å². The lowest BCUT2D eigenvalue weighted by atomic mass is 10.1. The lowest BCUT2D eigenvalue weighted by molar-refractivity contribution is 0.108. The quantitative estimate of drug-likeness (QED) is 0.738.